The van der Waals surface area contributed by atoms with Gasteiger partial charge in [0.2, 0.25) is 5.91 Å². The summed E-state index contributed by atoms with van der Waals surface area (Å²) in [6, 6.07) is 7.92. The molecule has 18 heavy (non-hydrogen) atoms. The van der Waals surface area contributed by atoms with E-state index in [1.165, 1.54) is 18.9 Å². The lowest BCUT2D eigenvalue weighted by Crippen LogP contribution is -2.27. The number of rotatable bonds is 6. The minimum atomic E-state index is -0.318. The molecular weight excluding hydrogens is 250 g/mol. The Morgan fingerprint density at radius 3 is 2.72 bits per heavy atom. The number of carbonyl (C=O) groups is 2. The molecule has 4 nitrogen and oxygen atoms in total. The molecule has 0 spiro atoms. The second-order valence-corrected chi connectivity index (χ2v) is 4.75. The summed E-state index contributed by atoms with van der Waals surface area (Å²) >= 11 is 1.49. The summed E-state index contributed by atoms with van der Waals surface area (Å²) < 4.78 is 4.48. The fourth-order valence-electron chi connectivity index (χ4n) is 1.32. The van der Waals surface area contributed by atoms with E-state index >= 15 is 0 Å². The van der Waals surface area contributed by atoms with Gasteiger partial charge in [0.15, 0.2) is 0 Å². The number of aryl methyl sites for hydroxylation is 1. The van der Waals surface area contributed by atoms with Crippen LogP contribution >= 0.6 is 11.8 Å². The average molecular weight is 267 g/mol. The van der Waals surface area contributed by atoms with E-state index in [0.29, 0.717) is 12.3 Å². The lowest BCUT2D eigenvalue weighted by Gasteiger charge is -2.06. The van der Waals surface area contributed by atoms with E-state index < -0.39 is 0 Å². The van der Waals surface area contributed by atoms with Gasteiger partial charge < -0.3 is 10.1 Å². The highest BCUT2D eigenvalue weighted by molar-refractivity contribution is 8.00. The Labute approximate surface area is 111 Å². The van der Waals surface area contributed by atoms with E-state index in [-0.39, 0.29) is 18.3 Å². The highest BCUT2D eigenvalue weighted by Gasteiger charge is 2.05. The van der Waals surface area contributed by atoms with Crippen molar-refractivity contribution in [1.82, 2.24) is 5.32 Å². The molecule has 0 aliphatic rings. The molecule has 5 heteroatoms. The highest BCUT2D eigenvalue weighted by atomic mass is 32.2. The fraction of sp³-hybridized carbons (Fsp3) is 0.385. The van der Waals surface area contributed by atoms with Gasteiger partial charge in [-0.2, -0.15) is 0 Å². The Kier molecular flexibility index (Phi) is 6.28. The molecule has 0 saturated heterocycles. The molecule has 1 N–H and O–H groups in total. The second-order valence-electron chi connectivity index (χ2n) is 3.73. The van der Waals surface area contributed by atoms with Gasteiger partial charge in [-0.15, -0.1) is 11.8 Å². The topological polar surface area (TPSA) is 55.4 Å². The molecule has 0 bridgehead atoms. The van der Waals surface area contributed by atoms with Crippen LogP contribution in [-0.4, -0.2) is 31.3 Å². The van der Waals surface area contributed by atoms with Crippen LogP contribution < -0.4 is 5.32 Å². The maximum absolute atomic E-state index is 11.5. The van der Waals surface area contributed by atoms with E-state index in [1.54, 1.807) is 0 Å². The molecule has 0 fully saturated rings. The summed E-state index contributed by atoms with van der Waals surface area (Å²) in [5, 5.41) is 2.68. The molecule has 0 saturated carbocycles. The maximum atomic E-state index is 11.5. The molecule has 1 aromatic carbocycles. The van der Waals surface area contributed by atoms with Gasteiger partial charge in [0.05, 0.1) is 19.3 Å². The zero-order chi connectivity index (χ0) is 13.4. The zero-order valence-electron chi connectivity index (χ0n) is 10.6. The molecule has 0 heterocycles. The fourth-order valence-corrected chi connectivity index (χ4v) is 2.18. The Hall–Kier alpha value is -1.49. The van der Waals surface area contributed by atoms with Crippen molar-refractivity contribution in [1.29, 1.82) is 0 Å². The van der Waals surface area contributed by atoms with E-state index in [1.807, 2.05) is 31.2 Å². The predicted molar refractivity (Wildman–Crippen MR) is 71.5 cm³/mol. The van der Waals surface area contributed by atoms with E-state index in [4.69, 9.17) is 0 Å². The molecule has 1 amide bonds. The standard InChI is InChI=1S/C13H17NO3S/c1-10-5-3-4-6-11(10)18-9-12(15)14-8-7-13(16)17-2/h3-6H,7-9H2,1-2H3,(H,14,15). The third-order valence-electron chi connectivity index (χ3n) is 2.33. The van der Waals surface area contributed by atoms with E-state index in [0.717, 1.165) is 10.5 Å². The van der Waals surface area contributed by atoms with Crippen LogP contribution in [0.25, 0.3) is 0 Å². The molecule has 0 atom stereocenters. The van der Waals surface area contributed by atoms with Gasteiger partial charge in [-0.05, 0) is 18.6 Å². The van der Waals surface area contributed by atoms with E-state index in [9.17, 15) is 9.59 Å². The van der Waals surface area contributed by atoms with Crippen molar-refractivity contribution < 1.29 is 14.3 Å². The van der Waals surface area contributed by atoms with Crippen LogP contribution in [0.4, 0.5) is 0 Å². The first-order chi connectivity index (χ1) is 8.63. The van der Waals surface area contributed by atoms with Crippen molar-refractivity contribution in [2.24, 2.45) is 0 Å². The Bertz CT molecular complexity index is 420. The summed E-state index contributed by atoms with van der Waals surface area (Å²) in [4.78, 5) is 23.4. The second kappa shape index (κ2) is 7.76. The SMILES string of the molecule is COC(=O)CCNC(=O)CSc1ccccc1C. The lowest BCUT2D eigenvalue weighted by atomic mass is 10.2. The smallest absolute Gasteiger partial charge is 0.307 e. The highest BCUT2D eigenvalue weighted by Crippen LogP contribution is 2.21. The molecule has 0 unspecified atom stereocenters. The van der Waals surface area contributed by atoms with Gasteiger partial charge in [0.25, 0.3) is 0 Å². The molecule has 1 rings (SSSR count). The van der Waals surface area contributed by atoms with Crippen LogP contribution in [0.3, 0.4) is 0 Å². The van der Waals surface area contributed by atoms with Crippen molar-refractivity contribution in [3.63, 3.8) is 0 Å². The summed E-state index contributed by atoms with van der Waals surface area (Å²) in [5.41, 5.74) is 1.16. The number of esters is 1. The number of benzene rings is 1. The quantitative estimate of drug-likeness (QED) is 0.630. The number of hydrogen-bond donors (Lipinski definition) is 1. The van der Waals surface area contributed by atoms with Gasteiger partial charge in [0.1, 0.15) is 0 Å². The lowest BCUT2D eigenvalue weighted by molar-refractivity contribution is -0.140. The third kappa shape index (κ3) is 5.23. The first kappa shape index (κ1) is 14.6. The number of carbonyl (C=O) groups excluding carboxylic acids is 2. The minimum Gasteiger partial charge on any atom is -0.469 e. The normalized spacial score (nSPS) is 9.89. The molecule has 98 valence electrons. The number of nitrogens with one attached hydrogen (secondary N) is 1. The van der Waals surface area contributed by atoms with Crippen molar-refractivity contribution >= 4 is 23.6 Å². The van der Waals surface area contributed by atoms with Gasteiger partial charge in [-0.25, -0.2) is 0 Å². The van der Waals surface area contributed by atoms with Gasteiger partial charge in [-0.1, -0.05) is 18.2 Å². The number of thioether (sulfide) groups is 1. The summed E-state index contributed by atoms with van der Waals surface area (Å²) in [6.45, 7) is 2.33. The van der Waals surface area contributed by atoms with Crippen molar-refractivity contribution in [2.75, 3.05) is 19.4 Å². The average Bonchev–Trinajstić information content (AvgIpc) is 2.37. The monoisotopic (exact) mass is 267 g/mol. The molecule has 0 aliphatic carbocycles. The molecule has 1 aromatic rings. The van der Waals surface area contributed by atoms with Gasteiger partial charge in [-0.3, -0.25) is 9.59 Å². The van der Waals surface area contributed by atoms with Crippen molar-refractivity contribution in [3.05, 3.63) is 29.8 Å². The van der Waals surface area contributed by atoms with Crippen molar-refractivity contribution in [3.8, 4) is 0 Å². The van der Waals surface area contributed by atoms with Crippen LogP contribution in [0.1, 0.15) is 12.0 Å². The van der Waals surface area contributed by atoms with Crippen LogP contribution in [0.15, 0.2) is 29.2 Å². The minimum absolute atomic E-state index is 0.0767. The maximum Gasteiger partial charge on any atom is 0.307 e. The summed E-state index contributed by atoms with van der Waals surface area (Å²) in [6.07, 6.45) is 0.206. The Balaban J connectivity index is 2.25. The summed E-state index contributed by atoms with van der Waals surface area (Å²) in [7, 11) is 1.33. The number of ether oxygens (including phenoxy) is 1. The number of hydrogen-bond acceptors (Lipinski definition) is 4. The molecular formula is C13H17NO3S. The predicted octanol–water partition coefficient (Wildman–Crippen LogP) is 1.77. The summed E-state index contributed by atoms with van der Waals surface area (Å²) in [5.74, 6) is -0.0412. The van der Waals surface area contributed by atoms with E-state index in [2.05, 4.69) is 10.1 Å². The Morgan fingerprint density at radius 1 is 1.33 bits per heavy atom. The van der Waals surface area contributed by atoms with Crippen molar-refractivity contribution in [2.45, 2.75) is 18.2 Å². The van der Waals surface area contributed by atoms with Crippen LogP contribution in [0, 0.1) is 6.92 Å². The zero-order valence-corrected chi connectivity index (χ0v) is 11.4. The number of amides is 1. The first-order valence-electron chi connectivity index (χ1n) is 5.65. The van der Waals surface area contributed by atoms with Gasteiger partial charge >= 0.3 is 5.97 Å². The largest absolute Gasteiger partial charge is 0.469 e. The number of methoxy groups -OCH3 is 1. The molecule has 0 radical (unpaired) electrons. The first-order valence-corrected chi connectivity index (χ1v) is 6.64. The Morgan fingerprint density at radius 2 is 2.06 bits per heavy atom. The third-order valence-corrected chi connectivity index (χ3v) is 3.51. The molecule has 0 aliphatic heterocycles. The van der Waals surface area contributed by atoms with Gasteiger partial charge in [0, 0.05) is 11.4 Å². The van der Waals surface area contributed by atoms with Crippen LogP contribution in [0.5, 0.6) is 0 Å². The van der Waals surface area contributed by atoms with Crippen LogP contribution in [-0.2, 0) is 14.3 Å². The van der Waals surface area contributed by atoms with Crippen LogP contribution in [0.2, 0.25) is 0 Å². The molecule has 0 aromatic heterocycles.